The van der Waals surface area contributed by atoms with Crippen LogP contribution in [0, 0.1) is 19.7 Å². The minimum Gasteiger partial charge on any atom is -0.302 e. The molecule has 8 nitrogen and oxygen atoms in total. The molecule has 0 aliphatic carbocycles. The maximum absolute atomic E-state index is 14.0. The molecule has 0 saturated heterocycles. The van der Waals surface area contributed by atoms with Gasteiger partial charge in [0.15, 0.2) is 11.5 Å². The van der Waals surface area contributed by atoms with E-state index in [-0.39, 0.29) is 33.7 Å². The Hall–Kier alpha value is -2.69. The van der Waals surface area contributed by atoms with Crippen molar-refractivity contribution >= 4 is 50.9 Å². The standard InChI is InChI=1S/C20H17BrCl2FN7O/c1-11-18(21)12(2)31(26-11)10-29-7-6-17(27-29)20(32)25-19-15(23)9-30(28-19)8-13-14(22)4-3-5-16(13)24/h3-7,9H,8,10H2,1-2H3,(H,25,28,32). The minimum absolute atomic E-state index is 0.0634. The van der Waals surface area contributed by atoms with E-state index in [2.05, 4.69) is 36.5 Å². The van der Waals surface area contributed by atoms with Crippen molar-refractivity contribution in [1.29, 1.82) is 0 Å². The summed E-state index contributed by atoms with van der Waals surface area (Å²) < 4.78 is 19.7. The molecule has 32 heavy (non-hydrogen) atoms. The van der Waals surface area contributed by atoms with E-state index < -0.39 is 11.7 Å². The Morgan fingerprint density at radius 3 is 2.59 bits per heavy atom. The number of halogens is 4. The number of aromatic nitrogens is 6. The third kappa shape index (κ3) is 4.57. The van der Waals surface area contributed by atoms with Gasteiger partial charge < -0.3 is 5.32 Å². The highest BCUT2D eigenvalue weighted by Crippen LogP contribution is 2.24. The Morgan fingerprint density at radius 2 is 1.91 bits per heavy atom. The van der Waals surface area contributed by atoms with Gasteiger partial charge in [0.05, 0.1) is 22.4 Å². The van der Waals surface area contributed by atoms with Crippen LogP contribution in [0.3, 0.4) is 0 Å². The van der Waals surface area contributed by atoms with Crippen LogP contribution in [-0.4, -0.2) is 35.2 Å². The van der Waals surface area contributed by atoms with Gasteiger partial charge in [-0.05, 0) is 48.0 Å². The fraction of sp³-hybridized carbons (Fsp3) is 0.200. The molecule has 0 aliphatic heterocycles. The van der Waals surface area contributed by atoms with Crippen LogP contribution in [0.4, 0.5) is 10.2 Å². The molecule has 0 bridgehead atoms. The Labute approximate surface area is 201 Å². The van der Waals surface area contributed by atoms with Crippen LogP contribution in [0.25, 0.3) is 0 Å². The predicted octanol–water partition coefficient (Wildman–Crippen LogP) is 4.91. The van der Waals surface area contributed by atoms with Crippen molar-refractivity contribution in [2.75, 3.05) is 5.32 Å². The second-order valence-corrected chi connectivity index (χ2v) is 8.65. The fourth-order valence-electron chi connectivity index (χ4n) is 3.09. The molecule has 0 spiro atoms. The summed E-state index contributed by atoms with van der Waals surface area (Å²) in [5.41, 5.74) is 2.29. The number of carbonyl (C=O) groups is 1. The van der Waals surface area contributed by atoms with Crippen LogP contribution >= 0.6 is 39.1 Å². The van der Waals surface area contributed by atoms with E-state index in [1.54, 1.807) is 27.7 Å². The molecule has 166 valence electrons. The van der Waals surface area contributed by atoms with Crippen molar-refractivity contribution in [1.82, 2.24) is 29.3 Å². The lowest BCUT2D eigenvalue weighted by Gasteiger charge is -2.06. The Balaban J connectivity index is 1.46. The highest BCUT2D eigenvalue weighted by molar-refractivity contribution is 9.10. The van der Waals surface area contributed by atoms with Gasteiger partial charge in [0.25, 0.3) is 5.91 Å². The lowest BCUT2D eigenvalue weighted by atomic mass is 10.2. The molecule has 1 N–H and O–H groups in total. The summed E-state index contributed by atoms with van der Waals surface area (Å²) in [4.78, 5) is 12.6. The normalized spacial score (nSPS) is 11.2. The fourth-order valence-corrected chi connectivity index (χ4v) is 3.80. The topological polar surface area (TPSA) is 82.6 Å². The van der Waals surface area contributed by atoms with Crippen LogP contribution in [0.2, 0.25) is 10.0 Å². The van der Waals surface area contributed by atoms with E-state index in [0.717, 1.165) is 15.9 Å². The summed E-state index contributed by atoms with van der Waals surface area (Å²) in [7, 11) is 0. The third-order valence-electron chi connectivity index (χ3n) is 4.78. The number of hydrogen-bond donors (Lipinski definition) is 1. The lowest BCUT2D eigenvalue weighted by Crippen LogP contribution is -2.16. The second-order valence-electron chi connectivity index (χ2n) is 7.04. The second kappa shape index (κ2) is 9.05. The average Bonchev–Trinajstić information content (AvgIpc) is 3.41. The summed E-state index contributed by atoms with van der Waals surface area (Å²) in [5.74, 6) is -0.787. The maximum Gasteiger partial charge on any atom is 0.277 e. The van der Waals surface area contributed by atoms with Gasteiger partial charge in [-0.15, -0.1) is 0 Å². The van der Waals surface area contributed by atoms with Crippen molar-refractivity contribution in [3.63, 3.8) is 0 Å². The first-order valence-corrected chi connectivity index (χ1v) is 11.0. The molecular weight excluding hydrogens is 524 g/mol. The van der Waals surface area contributed by atoms with E-state index in [1.807, 2.05) is 13.8 Å². The molecule has 0 fully saturated rings. The molecule has 0 radical (unpaired) electrons. The Bertz CT molecular complexity index is 1290. The van der Waals surface area contributed by atoms with E-state index >= 15 is 0 Å². The molecule has 3 heterocycles. The van der Waals surface area contributed by atoms with E-state index in [9.17, 15) is 9.18 Å². The summed E-state index contributed by atoms with van der Waals surface area (Å²) in [6.07, 6.45) is 3.17. The molecule has 12 heteroatoms. The van der Waals surface area contributed by atoms with Gasteiger partial charge in [-0.25, -0.2) is 9.07 Å². The van der Waals surface area contributed by atoms with Gasteiger partial charge in [-0.1, -0.05) is 29.3 Å². The van der Waals surface area contributed by atoms with Crippen molar-refractivity contribution in [2.24, 2.45) is 0 Å². The molecule has 1 aromatic carbocycles. The molecule has 0 saturated carbocycles. The van der Waals surface area contributed by atoms with Crippen LogP contribution in [0.5, 0.6) is 0 Å². The molecule has 0 unspecified atom stereocenters. The molecule has 0 atom stereocenters. The number of carbonyl (C=O) groups excluding carboxylic acids is 1. The highest BCUT2D eigenvalue weighted by atomic mass is 79.9. The summed E-state index contributed by atoms with van der Waals surface area (Å²) in [6.45, 7) is 4.25. The minimum atomic E-state index is -0.477. The number of nitrogens with zero attached hydrogens (tertiary/aromatic N) is 6. The number of aryl methyl sites for hydroxylation is 1. The Kier molecular flexibility index (Phi) is 6.36. The number of anilines is 1. The molecule has 4 aromatic rings. The van der Waals surface area contributed by atoms with Crippen molar-refractivity contribution in [3.8, 4) is 0 Å². The molecular formula is C20H17BrCl2FN7O. The van der Waals surface area contributed by atoms with Crippen molar-refractivity contribution < 1.29 is 9.18 Å². The van der Waals surface area contributed by atoms with Crippen LogP contribution in [0.15, 0.2) is 41.1 Å². The van der Waals surface area contributed by atoms with Crippen LogP contribution in [0.1, 0.15) is 27.4 Å². The SMILES string of the molecule is Cc1nn(Cn2ccc(C(=O)Nc3nn(Cc4c(F)cccc4Cl)cc3Cl)n2)c(C)c1Br. The zero-order chi connectivity index (χ0) is 23.0. The molecule has 4 rings (SSSR count). The largest absolute Gasteiger partial charge is 0.302 e. The van der Waals surface area contributed by atoms with E-state index in [0.29, 0.717) is 6.67 Å². The highest BCUT2D eigenvalue weighted by Gasteiger charge is 2.17. The van der Waals surface area contributed by atoms with Crippen LogP contribution in [-0.2, 0) is 13.2 Å². The van der Waals surface area contributed by atoms with Crippen LogP contribution < -0.4 is 5.32 Å². The van der Waals surface area contributed by atoms with Gasteiger partial charge in [0.1, 0.15) is 17.5 Å². The van der Waals surface area contributed by atoms with Crippen molar-refractivity contribution in [3.05, 3.63) is 79.6 Å². The van der Waals surface area contributed by atoms with Gasteiger partial charge in [-0.2, -0.15) is 15.3 Å². The zero-order valence-corrected chi connectivity index (χ0v) is 20.1. The number of amides is 1. The molecule has 0 aliphatic rings. The monoisotopic (exact) mass is 539 g/mol. The lowest BCUT2D eigenvalue weighted by molar-refractivity contribution is 0.102. The maximum atomic E-state index is 14.0. The number of rotatable bonds is 6. The predicted molar refractivity (Wildman–Crippen MR) is 123 cm³/mol. The van der Waals surface area contributed by atoms with E-state index in [1.165, 1.54) is 23.0 Å². The first kappa shape index (κ1) is 22.5. The summed E-state index contributed by atoms with van der Waals surface area (Å²) >= 11 is 15.8. The Morgan fingerprint density at radius 1 is 1.12 bits per heavy atom. The smallest absolute Gasteiger partial charge is 0.277 e. The number of benzene rings is 1. The first-order valence-electron chi connectivity index (χ1n) is 9.43. The average molecular weight is 541 g/mol. The van der Waals surface area contributed by atoms with Gasteiger partial charge in [-0.3, -0.25) is 14.2 Å². The molecule has 1 amide bonds. The first-order chi connectivity index (χ1) is 15.2. The van der Waals surface area contributed by atoms with Gasteiger partial charge in [0.2, 0.25) is 0 Å². The summed E-state index contributed by atoms with van der Waals surface area (Å²) in [6, 6.07) is 6.01. The third-order valence-corrected chi connectivity index (χ3v) is 6.55. The quantitative estimate of drug-likeness (QED) is 0.377. The number of hydrogen-bond acceptors (Lipinski definition) is 4. The molecule has 3 aromatic heterocycles. The zero-order valence-electron chi connectivity index (χ0n) is 17.0. The van der Waals surface area contributed by atoms with E-state index in [4.69, 9.17) is 23.2 Å². The number of nitrogens with one attached hydrogen (secondary N) is 1. The van der Waals surface area contributed by atoms with Gasteiger partial charge in [0, 0.05) is 23.0 Å². The summed E-state index contributed by atoms with van der Waals surface area (Å²) in [5, 5.41) is 16.1. The van der Waals surface area contributed by atoms with Gasteiger partial charge >= 0.3 is 0 Å². The van der Waals surface area contributed by atoms with Crippen molar-refractivity contribution in [2.45, 2.75) is 27.1 Å².